The number of carbonyl (C=O) groups is 1. The number of ether oxygens (including phenoxy) is 2. The molecule has 1 amide bonds. The van der Waals surface area contributed by atoms with Crippen molar-refractivity contribution >= 4 is 17.5 Å². The van der Waals surface area contributed by atoms with E-state index in [1.807, 2.05) is 47.2 Å². The van der Waals surface area contributed by atoms with Crippen LogP contribution in [-0.4, -0.2) is 46.0 Å². The molecular weight excluding hydrogens is 454 g/mol. The van der Waals surface area contributed by atoms with Crippen LogP contribution in [0.1, 0.15) is 28.0 Å². The standard InChI is InChI=1S/C25H24ClN5O3/c1-33-21-13-16-12-18-23(25(32)28-8-5-10-30-11-9-27-15-30)29-31(20-7-4-3-6-19(20)26)24(18)17(16)14-22(21)34-2/h3-4,6-7,9,11,13-15H,5,8,10,12H2,1-2H3,(H,28,32). The lowest BCUT2D eigenvalue weighted by molar-refractivity contribution is 0.0946. The SMILES string of the molecule is COc1cc2c(cc1OC)-c1c(c(C(=O)NCCCn3ccnc3)nn1-c1ccccc1Cl)C2. The quantitative estimate of drug-likeness (QED) is 0.340. The second kappa shape index (κ2) is 9.23. The number of nitrogens with zero attached hydrogens (tertiary/aromatic N) is 4. The van der Waals surface area contributed by atoms with Crippen LogP contribution in [0.15, 0.2) is 55.1 Å². The highest BCUT2D eigenvalue weighted by molar-refractivity contribution is 6.32. The van der Waals surface area contributed by atoms with Crippen LogP contribution in [0.5, 0.6) is 11.5 Å². The Labute approximate surface area is 202 Å². The number of para-hydroxylation sites is 1. The molecule has 9 heteroatoms. The summed E-state index contributed by atoms with van der Waals surface area (Å²) in [6.07, 6.45) is 6.75. The number of aromatic nitrogens is 4. The van der Waals surface area contributed by atoms with Gasteiger partial charge in [0.2, 0.25) is 0 Å². The molecule has 1 aliphatic carbocycles. The van der Waals surface area contributed by atoms with Gasteiger partial charge in [-0.1, -0.05) is 23.7 Å². The Bertz CT molecular complexity index is 1350. The largest absolute Gasteiger partial charge is 0.493 e. The van der Waals surface area contributed by atoms with Crippen LogP contribution in [0.2, 0.25) is 5.02 Å². The first kappa shape index (κ1) is 22.0. The zero-order valence-electron chi connectivity index (χ0n) is 18.9. The van der Waals surface area contributed by atoms with Gasteiger partial charge < -0.3 is 19.4 Å². The summed E-state index contributed by atoms with van der Waals surface area (Å²) in [7, 11) is 3.22. The van der Waals surface area contributed by atoms with Crippen molar-refractivity contribution in [3.8, 4) is 28.4 Å². The first-order chi connectivity index (χ1) is 16.6. The summed E-state index contributed by atoms with van der Waals surface area (Å²) in [4.78, 5) is 17.2. The van der Waals surface area contributed by atoms with Crippen LogP contribution in [0.4, 0.5) is 0 Å². The van der Waals surface area contributed by atoms with Gasteiger partial charge in [-0.05, 0) is 36.2 Å². The van der Waals surface area contributed by atoms with E-state index in [1.54, 1.807) is 31.4 Å². The molecule has 8 nitrogen and oxygen atoms in total. The average Bonchev–Trinajstić information content (AvgIpc) is 3.57. The van der Waals surface area contributed by atoms with Crippen molar-refractivity contribution < 1.29 is 14.3 Å². The van der Waals surface area contributed by atoms with Crippen molar-refractivity contribution in [2.45, 2.75) is 19.4 Å². The molecular formula is C25H24ClN5O3. The van der Waals surface area contributed by atoms with E-state index in [4.69, 9.17) is 26.2 Å². The number of halogens is 1. The molecule has 2 aromatic heterocycles. The molecule has 2 aromatic carbocycles. The maximum atomic E-state index is 13.2. The fourth-order valence-electron chi connectivity index (χ4n) is 4.32. The highest BCUT2D eigenvalue weighted by atomic mass is 35.5. The fraction of sp³-hybridized carbons (Fsp3) is 0.240. The van der Waals surface area contributed by atoms with E-state index in [-0.39, 0.29) is 5.91 Å². The summed E-state index contributed by atoms with van der Waals surface area (Å²) in [5.41, 5.74) is 4.79. The van der Waals surface area contributed by atoms with Gasteiger partial charge in [0.05, 0.1) is 37.0 Å². The van der Waals surface area contributed by atoms with Gasteiger partial charge >= 0.3 is 0 Å². The van der Waals surface area contributed by atoms with E-state index < -0.39 is 0 Å². The predicted octanol–water partition coefficient (Wildman–Crippen LogP) is 4.13. The van der Waals surface area contributed by atoms with E-state index >= 15 is 0 Å². The van der Waals surface area contributed by atoms with Gasteiger partial charge in [0.1, 0.15) is 0 Å². The second-order valence-electron chi connectivity index (χ2n) is 7.99. The molecule has 0 unspecified atom stereocenters. The maximum Gasteiger partial charge on any atom is 0.272 e. The average molecular weight is 478 g/mol. The number of benzene rings is 2. The van der Waals surface area contributed by atoms with Gasteiger partial charge in [-0.2, -0.15) is 5.10 Å². The van der Waals surface area contributed by atoms with Crippen LogP contribution in [0, 0.1) is 0 Å². The number of amides is 1. The monoisotopic (exact) mass is 477 g/mol. The molecule has 0 aliphatic heterocycles. The summed E-state index contributed by atoms with van der Waals surface area (Å²) in [6.45, 7) is 1.30. The van der Waals surface area contributed by atoms with Crippen molar-refractivity contribution in [2.24, 2.45) is 0 Å². The minimum absolute atomic E-state index is 0.209. The topological polar surface area (TPSA) is 83.2 Å². The molecule has 1 N–H and O–H groups in total. The highest BCUT2D eigenvalue weighted by Gasteiger charge is 2.32. The Morgan fingerprint density at radius 2 is 1.97 bits per heavy atom. The fourth-order valence-corrected chi connectivity index (χ4v) is 4.54. The molecule has 1 aliphatic rings. The summed E-state index contributed by atoms with van der Waals surface area (Å²) in [6, 6.07) is 11.4. The van der Waals surface area contributed by atoms with Gasteiger partial charge in [-0.3, -0.25) is 4.79 Å². The van der Waals surface area contributed by atoms with Crippen molar-refractivity contribution in [1.82, 2.24) is 24.6 Å². The number of methoxy groups -OCH3 is 2. The van der Waals surface area contributed by atoms with Crippen LogP contribution in [0.25, 0.3) is 16.9 Å². The number of hydrogen-bond donors (Lipinski definition) is 1. The molecule has 0 atom stereocenters. The van der Waals surface area contributed by atoms with E-state index in [0.29, 0.717) is 40.9 Å². The Morgan fingerprint density at radius 3 is 2.71 bits per heavy atom. The number of hydrogen-bond acceptors (Lipinski definition) is 5. The zero-order chi connectivity index (χ0) is 23.7. The minimum Gasteiger partial charge on any atom is -0.493 e. The Hall–Kier alpha value is -3.78. The third-order valence-corrected chi connectivity index (χ3v) is 6.27. The van der Waals surface area contributed by atoms with Gasteiger partial charge in [0, 0.05) is 43.0 Å². The molecule has 0 fully saturated rings. The third kappa shape index (κ3) is 3.90. The molecule has 0 spiro atoms. The normalized spacial score (nSPS) is 11.7. The number of carbonyl (C=O) groups excluding carboxylic acids is 1. The van der Waals surface area contributed by atoms with Crippen molar-refractivity contribution in [1.29, 1.82) is 0 Å². The Balaban J connectivity index is 1.51. The number of fused-ring (bicyclic) bond motifs is 3. The van der Waals surface area contributed by atoms with Gasteiger partial charge in [0.15, 0.2) is 17.2 Å². The molecule has 174 valence electrons. The summed E-state index contributed by atoms with van der Waals surface area (Å²) in [5.74, 6) is 1.06. The smallest absolute Gasteiger partial charge is 0.272 e. The molecule has 4 aromatic rings. The van der Waals surface area contributed by atoms with Gasteiger partial charge in [0.25, 0.3) is 5.91 Å². The van der Waals surface area contributed by atoms with Crippen molar-refractivity contribution in [3.05, 3.63) is 77.0 Å². The summed E-state index contributed by atoms with van der Waals surface area (Å²) in [5, 5.41) is 8.28. The molecule has 0 radical (unpaired) electrons. The lowest BCUT2D eigenvalue weighted by Gasteiger charge is -2.13. The number of nitrogens with one attached hydrogen (secondary N) is 1. The third-order valence-electron chi connectivity index (χ3n) is 5.95. The van der Waals surface area contributed by atoms with Crippen LogP contribution in [0.3, 0.4) is 0 Å². The van der Waals surface area contributed by atoms with Crippen LogP contribution >= 0.6 is 11.6 Å². The predicted molar refractivity (Wildman–Crippen MR) is 129 cm³/mol. The molecule has 0 saturated heterocycles. The van der Waals surface area contributed by atoms with Crippen molar-refractivity contribution in [2.75, 3.05) is 20.8 Å². The lowest BCUT2D eigenvalue weighted by Crippen LogP contribution is -2.26. The number of imidazole rings is 1. The summed E-state index contributed by atoms with van der Waals surface area (Å²) >= 11 is 6.52. The van der Waals surface area contributed by atoms with Gasteiger partial charge in [-0.15, -0.1) is 0 Å². The van der Waals surface area contributed by atoms with E-state index in [2.05, 4.69) is 10.3 Å². The van der Waals surface area contributed by atoms with E-state index in [9.17, 15) is 4.79 Å². The first-order valence-corrected chi connectivity index (χ1v) is 11.3. The molecule has 2 heterocycles. The molecule has 5 rings (SSSR count). The lowest BCUT2D eigenvalue weighted by atomic mass is 10.1. The Morgan fingerprint density at radius 1 is 1.18 bits per heavy atom. The van der Waals surface area contributed by atoms with Crippen LogP contribution < -0.4 is 14.8 Å². The van der Waals surface area contributed by atoms with E-state index in [1.165, 1.54) is 0 Å². The number of rotatable bonds is 8. The van der Waals surface area contributed by atoms with E-state index in [0.717, 1.165) is 35.3 Å². The highest BCUT2D eigenvalue weighted by Crippen LogP contribution is 2.45. The zero-order valence-corrected chi connectivity index (χ0v) is 19.7. The maximum absolute atomic E-state index is 13.2. The van der Waals surface area contributed by atoms with Crippen LogP contribution in [-0.2, 0) is 13.0 Å². The van der Waals surface area contributed by atoms with Gasteiger partial charge in [-0.25, -0.2) is 9.67 Å². The Kier molecular flexibility index (Phi) is 5.98. The minimum atomic E-state index is -0.209. The number of aryl methyl sites for hydroxylation is 1. The molecule has 0 bridgehead atoms. The first-order valence-electron chi connectivity index (χ1n) is 11.0. The molecule has 34 heavy (non-hydrogen) atoms. The van der Waals surface area contributed by atoms with Crippen molar-refractivity contribution in [3.63, 3.8) is 0 Å². The molecule has 0 saturated carbocycles. The summed E-state index contributed by atoms with van der Waals surface area (Å²) < 4.78 is 14.8. The second-order valence-corrected chi connectivity index (χ2v) is 8.40.